The fourth-order valence-electron chi connectivity index (χ4n) is 2.99. The van der Waals surface area contributed by atoms with Gasteiger partial charge in [-0.2, -0.15) is 5.10 Å². The molecule has 118 valence electrons. The Labute approximate surface area is 131 Å². The highest BCUT2D eigenvalue weighted by Crippen LogP contribution is 2.20. The number of nitrogens with zero attached hydrogens (tertiary/aromatic N) is 4. The van der Waals surface area contributed by atoms with E-state index in [-0.39, 0.29) is 0 Å². The summed E-state index contributed by atoms with van der Waals surface area (Å²) in [5.41, 5.74) is 3.67. The van der Waals surface area contributed by atoms with Gasteiger partial charge in [-0.15, -0.1) is 0 Å². The first-order chi connectivity index (χ1) is 10.8. The summed E-state index contributed by atoms with van der Waals surface area (Å²) in [6.07, 6.45) is 4.82. The molecular formula is C17H24N4O. The average Bonchev–Trinajstić information content (AvgIpc) is 2.90. The van der Waals surface area contributed by atoms with Gasteiger partial charge in [0.1, 0.15) is 0 Å². The Morgan fingerprint density at radius 1 is 1.32 bits per heavy atom. The van der Waals surface area contributed by atoms with Gasteiger partial charge in [0, 0.05) is 44.7 Å². The van der Waals surface area contributed by atoms with E-state index in [0.717, 1.165) is 45.0 Å². The van der Waals surface area contributed by atoms with Crippen LogP contribution in [0, 0.1) is 6.92 Å². The van der Waals surface area contributed by atoms with E-state index in [9.17, 15) is 0 Å². The Morgan fingerprint density at radius 3 is 3.05 bits per heavy atom. The van der Waals surface area contributed by atoms with E-state index in [1.165, 1.54) is 11.3 Å². The zero-order valence-electron chi connectivity index (χ0n) is 13.4. The van der Waals surface area contributed by atoms with Crippen LogP contribution in [-0.2, 0) is 24.4 Å². The summed E-state index contributed by atoms with van der Waals surface area (Å²) >= 11 is 0. The van der Waals surface area contributed by atoms with Crippen molar-refractivity contribution < 1.29 is 4.74 Å². The van der Waals surface area contributed by atoms with E-state index >= 15 is 0 Å². The van der Waals surface area contributed by atoms with E-state index in [2.05, 4.69) is 45.6 Å². The maximum atomic E-state index is 5.71. The van der Waals surface area contributed by atoms with Crippen molar-refractivity contribution in [3.63, 3.8) is 0 Å². The van der Waals surface area contributed by atoms with Crippen molar-refractivity contribution in [3.05, 3.63) is 47.5 Å². The fourth-order valence-corrected chi connectivity index (χ4v) is 2.99. The predicted octanol–water partition coefficient (Wildman–Crippen LogP) is 2.40. The summed E-state index contributed by atoms with van der Waals surface area (Å²) < 4.78 is 7.83. The number of pyridine rings is 1. The fraction of sp³-hybridized carbons (Fsp3) is 0.529. The van der Waals surface area contributed by atoms with Crippen molar-refractivity contribution in [3.8, 4) is 0 Å². The van der Waals surface area contributed by atoms with E-state index in [1.54, 1.807) is 0 Å². The molecule has 0 aromatic carbocycles. The number of hydrogen-bond donors (Lipinski definition) is 0. The third kappa shape index (κ3) is 3.36. The van der Waals surface area contributed by atoms with Gasteiger partial charge in [0.25, 0.3) is 0 Å². The molecule has 0 bridgehead atoms. The smallest absolute Gasteiger partial charge is 0.0622 e. The largest absolute Gasteiger partial charge is 0.380 e. The maximum absolute atomic E-state index is 5.71. The molecule has 22 heavy (non-hydrogen) atoms. The number of hydrogen-bond acceptors (Lipinski definition) is 4. The lowest BCUT2D eigenvalue weighted by Crippen LogP contribution is -2.37. The first-order valence-corrected chi connectivity index (χ1v) is 8.01. The van der Waals surface area contributed by atoms with Crippen LogP contribution in [0.2, 0.25) is 0 Å². The van der Waals surface area contributed by atoms with Crippen molar-refractivity contribution in [2.45, 2.75) is 45.9 Å². The van der Waals surface area contributed by atoms with Crippen molar-refractivity contribution in [1.29, 1.82) is 0 Å². The molecule has 3 heterocycles. The molecule has 5 heteroatoms. The summed E-state index contributed by atoms with van der Waals surface area (Å²) in [6.45, 7) is 8.42. The minimum Gasteiger partial charge on any atom is -0.380 e. The molecule has 1 atom stereocenters. The number of ether oxygens (including phenoxy) is 1. The van der Waals surface area contributed by atoms with Gasteiger partial charge in [-0.1, -0.05) is 6.07 Å². The van der Waals surface area contributed by atoms with Gasteiger partial charge >= 0.3 is 0 Å². The Kier molecular flexibility index (Phi) is 4.85. The minimum absolute atomic E-state index is 0.406. The molecule has 0 fully saturated rings. The maximum Gasteiger partial charge on any atom is 0.0622 e. The van der Waals surface area contributed by atoms with E-state index in [4.69, 9.17) is 4.74 Å². The molecule has 0 saturated heterocycles. The lowest BCUT2D eigenvalue weighted by molar-refractivity contribution is 0.0552. The quantitative estimate of drug-likeness (QED) is 0.850. The van der Waals surface area contributed by atoms with E-state index < -0.39 is 0 Å². The van der Waals surface area contributed by atoms with Crippen molar-refractivity contribution in [2.75, 3.05) is 13.2 Å². The summed E-state index contributed by atoms with van der Waals surface area (Å²) in [5.74, 6) is 0. The van der Waals surface area contributed by atoms with Gasteiger partial charge in [0.2, 0.25) is 0 Å². The number of rotatable bonds is 5. The second-order valence-electron chi connectivity index (χ2n) is 5.82. The monoisotopic (exact) mass is 300 g/mol. The molecule has 0 amide bonds. The molecule has 2 aromatic rings. The molecule has 1 unspecified atom stereocenters. The molecule has 3 rings (SSSR count). The van der Waals surface area contributed by atoms with Crippen molar-refractivity contribution >= 4 is 0 Å². The molecule has 2 aromatic heterocycles. The van der Waals surface area contributed by atoms with Crippen LogP contribution in [0.5, 0.6) is 0 Å². The standard InChI is InChI=1S/C17H24N4O/c1-3-22-13-16-7-10-21-15(6-9-19-21)11-20(16)12-17-14(2)5-4-8-18-17/h4-6,8-9,16H,3,7,10-13H2,1-2H3. The summed E-state index contributed by atoms with van der Waals surface area (Å²) in [4.78, 5) is 7.03. The third-order valence-corrected chi connectivity index (χ3v) is 4.35. The first kappa shape index (κ1) is 15.2. The van der Waals surface area contributed by atoms with Gasteiger partial charge < -0.3 is 4.74 Å². The van der Waals surface area contributed by atoms with Gasteiger partial charge in [-0.05, 0) is 38.0 Å². The molecule has 0 spiro atoms. The zero-order chi connectivity index (χ0) is 15.4. The van der Waals surface area contributed by atoms with Crippen LogP contribution in [0.1, 0.15) is 30.3 Å². The highest BCUT2D eigenvalue weighted by atomic mass is 16.5. The first-order valence-electron chi connectivity index (χ1n) is 8.01. The number of aromatic nitrogens is 3. The Hall–Kier alpha value is -1.72. The molecule has 0 aliphatic carbocycles. The van der Waals surface area contributed by atoms with Gasteiger partial charge in [0.15, 0.2) is 0 Å². The topological polar surface area (TPSA) is 43.2 Å². The zero-order valence-corrected chi connectivity index (χ0v) is 13.4. The number of fused-ring (bicyclic) bond motifs is 1. The van der Waals surface area contributed by atoms with Crippen molar-refractivity contribution in [1.82, 2.24) is 19.7 Å². The molecule has 0 N–H and O–H groups in total. The third-order valence-electron chi connectivity index (χ3n) is 4.35. The van der Waals surface area contributed by atoms with Crippen LogP contribution in [0.4, 0.5) is 0 Å². The average molecular weight is 300 g/mol. The van der Waals surface area contributed by atoms with Gasteiger partial charge in [-0.3, -0.25) is 14.6 Å². The Balaban J connectivity index is 1.80. The van der Waals surface area contributed by atoms with Crippen LogP contribution in [0.15, 0.2) is 30.6 Å². The molecule has 0 radical (unpaired) electrons. The normalized spacial score (nSPS) is 18.9. The Bertz CT molecular complexity index is 610. The molecule has 0 saturated carbocycles. The summed E-state index contributed by atoms with van der Waals surface area (Å²) in [6, 6.07) is 6.64. The van der Waals surface area contributed by atoms with E-state index in [1.807, 2.05) is 18.5 Å². The highest BCUT2D eigenvalue weighted by Gasteiger charge is 2.25. The highest BCUT2D eigenvalue weighted by molar-refractivity contribution is 5.18. The van der Waals surface area contributed by atoms with Crippen LogP contribution < -0.4 is 0 Å². The second-order valence-corrected chi connectivity index (χ2v) is 5.82. The van der Waals surface area contributed by atoms with Crippen LogP contribution >= 0.6 is 0 Å². The summed E-state index contributed by atoms with van der Waals surface area (Å²) in [7, 11) is 0. The summed E-state index contributed by atoms with van der Waals surface area (Å²) in [5, 5.41) is 4.42. The second kappa shape index (κ2) is 7.03. The lowest BCUT2D eigenvalue weighted by Gasteiger charge is -2.29. The minimum atomic E-state index is 0.406. The number of aryl methyl sites for hydroxylation is 2. The van der Waals surface area contributed by atoms with Crippen LogP contribution in [-0.4, -0.2) is 38.9 Å². The molecular weight excluding hydrogens is 276 g/mol. The molecule has 5 nitrogen and oxygen atoms in total. The SMILES string of the molecule is CCOCC1CCn2nccc2CN1Cc1ncccc1C. The van der Waals surface area contributed by atoms with Gasteiger partial charge in [0.05, 0.1) is 18.0 Å². The Morgan fingerprint density at radius 2 is 2.23 bits per heavy atom. The molecule has 1 aliphatic heterocycles. The van der Waals surface area contributed by atoms with E-state index in [0.29, 0.717) is 6.04 Å². The lowest BCUT2D eigenvalue weighted by atomic mass is 10.1. The van der Waals surface area contributed by atoms with Crippen LogP contribution in [0.3, 0.4) is 0 Å². The van der Waals surface area contributed by atoms with Crippen LogP contribution in [0.25, 0.3) is 0 Å². The molecule has 1 aliphatic rings. The predicted molar refractivity (Wildman–Crippen MR) is 85.3 cm³/mol. The van der Waals surface area contributed by atoms with Crippen molar-refractivity contribution in [2.24, 2.45) is 0 Å². The van der Waals surface area contributed by atoms with Gasteiger partial charge in [-0.25, -0.2) is 0 Å².